The SMILES string of the molecule is CCn1c(COc2cc(C)ccc2C(C)C)nnc1SCC(=O)Nc1nc(-c2ccc(Br)cc2)cs1. The van der Waals surface area contributed by atoms with Gasteiger partial charge in [-0.25, -0.2) is 4.98 Å². The van der Waals surface area contributed by atoms with Gasteiger partial charge >= 0.3 is 0 Å². The number of hydrogen-bond acceptors (Lipinski definition) is 7. The molecule has 0 fully saturated rings. The second-order valence-corrected chi connectivity index (χ2v) is 11.2. The molecule has 0 aliphatic heterocycles. The van der Waals surface area contributed by atoms with Crippen LogP contribution in [0.3, 0.4) is 0 Å². The van der Waals surface area contributed by atoms with Crippen LogP contribution < -0.4 is 10.1 Å². The minimum atomic E-state index is -0.138. The van der Waals surface area contributed by atoms with Crippen molar-refractivity contribution in [2.75, 3.05) is 11.1 Å². The first-order valence-corrected chi connectivity index (χ1v) is 14.3. The molecule has 4 aromatic rings. The first kappa shape index (κ1) is 26.4. The van der Waals surface area contributed by atoms with Crippen molar-refractivity contribution in [3.8, 4) is 17.0 Å². The molecule has 10 heteroatoms. The lowest BCUT2D eigenvalue weighted by Gasteiger charge is -2.15. The van der Waals surface area contributed by atoms with Crippen LogP contribution in [-0.2, 0) is 17.9 Å². The standard InChI is InChI=1S/C26H28BrN5O2S2/c1-5-32-23(13-34-22-12-17(4)6-11-20(22)16(2)3)30-31-26(32)36-15-24(33)29-25-28-21(14-35-25)18-7-9-19(27)10-8-18/h6-12,14,16H,5,13,15H2,1-4H3,(H,28,29,33). The molecule has 1 N–H and O–H groups in total. The maximum absolute atomic E-state index is 12.6. The van der Waals surface area contributed by atoms with Gasteiger partial charge in [0.2, 0.25) is 5.91 Å². The highest BCUT2D eigenvalue weighted by molar-refractivity contribution is 9.10. The van der Waals surface area contributed by atoms with E-state index in [1.165, 1.54) is 28.7 Å². The molecule has 188 valence electrons. The van der Waals surface area contributed by atoms with E-state index in [1.54, 1.807) is 0 Å². The zero-order valence-corrected chi connectivity index (χ0v) is 23.8. The fraction of sp³-hybridized carbons (Fsp3) is 0.308. The molecule has 0 spiro atoms. The fourth-order valence-corrected chi connectivity index (χ4v) is 5.43. The maximum Gasteiger partial charge on any atom is 0.236 e. The number of aryl methyl sites for hydroxylation is 1. The van der Waals surface area contributed by atoms with Crippen molar-refractivity contribution in [1.29, 1.82) is 0 Å². The molecule has 2 aromatic heterocycles. The van der Waals surface area contributed by atoms with Crippen molar-refractivity contribution in [2.24, 2.45) is 0 Å². The summed E-state index contributed by atoms with van der Waals surface area (Å²) in [5, 5.41) is 14.7. The number of halogens is 1. The van der Waals surface area contributed by atoms with E-state index in [0.717, 1.165) is 32.9 Å². The van der Waals surface area contributed by atoms with Crippen LogP contribution in [0.5, 0.6) is 5.75 Å². The number of carbonyl (C=O) groups is 1. The van der Waals surface area contributed by atoms with E-state index in [2.05, 4.69) is 75.4 Å². The Morgan fingerprint density at radius 1 is 1.19 bits per heavy atom. The van der Waals surface area contributed by atoms with Crippen LogP contribution in [0.15, 0.2) is 57.5 Å². The van der Waals surface area contributed by atoms with Crippen molar-refractivity contribution in [1.82, 2.24) is 19.7 Å². The average Bonchev–Trinajstić information content (AvgIpc) is 3.48. The zero-order chi connectivity index (χ0) is 25.7. The Morgan fingerprint density at radius 3 is 2.69 bits per heavy atom. The first-order valence-electron chi connectivity index (χ1n) is 11.6. The minimum Gasteiger partial charge on any atom is -0.485 e. The van der Waals surface area contributed by atoms with E-state index in [1.807, 2.05) is 41.1 Å². The van der Waals surface area contributed by atoms with Gasteiger partial charge in [-0.2, -0.15) is 0 Å². The highest BCUT2D eigenvalue weighted by Crippen LogP contribution is 2.29. The van der Waals surface area contributed by atoms with Crippen LogP contribution in [0, 0.1) is 6.92 Å². The van der Waals surface area contributed by atoms with Crippen LogP contribution in [0.1, 0.15) is 43.6 Å². The third-order valence-corrected chi connectivity index (χ3v) is 7.73. The summed E-state index contributed by atoms with van der Waals surface area (Å²) in [6.45, 7) is 9.39. The summed E-state index contributed by atoms with van der Waals surface area (Å²) in [5.41, 5.74) is 4.15. The Labute approximate surface area is 227 Å². The molecule has 0 atom stereocenters. The van der Waals surface area contributed by atoms with Gasteiger partial charge < -0.3 is 14.6 Å². The molecule has 0 unspecified atom stereocenters. The normalized spacial score (nSPS) is 11.2. The van der Waals surface area contributed by atoms with Crippen molar-refractivity contribution < 1.29 is 9.53 Å². The van der Waals surface area contributed by atoms with Crippen molar-refractivity contribution in [3.63, 3.8) is 0 Å². The first-order chi connectivity index (χ1) is 17.3. The van der Waals surface area contributed by atoms with Crippen molar-refractivity contribution >= 4 is 50.1 Å². The predicted octanol–water partition coefficient (Wildman–Crippen LogP) is 6.93. The van der Waals surface area contributed by atoms with Gasteiger partial charge in [-0.1, -0.05) is 65.8 Å². The van der Waals surface area contributed by atoms with Gasteiger partial charge in [0.05, 0.1) is 11.4 Å². The third kappa shape index (κ3) is 6.54. The molecule has 0 saturated heterocycles. The summed E-state index contributed by atoms with van der Waals surface area (Å²) in [6.07, 6.45) is 0. The zero-order valence-electron chi connectivity index (χ0n) is 20.6. The summed E-state index contributed by atoms with van der Waals surface area (Å²) in [7, 11) is 0. The number of amides is 1. The van der Waals surface area contributed by atoms with E-state index in [9.17, 15) is 4.79 Å². The number of nitrogens with one attached hydrogen (secondary N) is 1. The highest BCUT2D eigenvalue weighted by atomic mass is 79.9. The maximum atomic E-state index is 12.6. The summed E-state index contributed by atoms with van der Waals surface area (Å²) < 4.78 is 9.14. The molecule has 0 saturated carbocycles. The number of ether oxygens (including phenoxy) is 1. The molecule has 0 aliphatic carbocycles. The molecular weight excluding hydrogens is 558 g/mol. The van der Waals surface area contributed by atoms with Crippen LogP contribution in [0.4, 0.5) is 5.13 Å². The molecule has 0 bridgehead atoms. The Balaban J connectivity index is 1.35. The smallest absolute Gasteiger partial charge is 0.236 e. The number of thiazole rings is 1. The monoisotopic (exact) mass is 585 g/mol. The van der Waals surface area contributed by atoms with Gasteiger partial charge in [-0.05, 0) is 49.1 Å². The summed E-state index contributed by atoms with van der Waals surface area (Å²) in [4.78, 5) is 17.1. The van der Waals surface area contributed by atoms with Gasteiger partial charge in [0.1, 0.15) is 12.4 Å². The largest absolute Gasteiger partial charge is 0.485 e. The molecule has 0 radical (unpaired) electrons. The Kier molecular flexibility index (Phi) is 8.81. The minimum absolute atomic E-state index is 0.138. The Morgan fingerprint density at radius 2 is 1.97 bits per heavy atom. The number of benzene rings is 2. The number of aromatic nitrogens is 4. The van der Waals surface area contributed by atoms with Crippen LogP contribution in [0.25, 0.3) is 11.3 Å². The van der Waals surface area contributed by atoms with Gasteiger partial charge in [0.15, 0.2) is 16.1 Å². The summed E-state index contributed by atoms with van der Waals surface area (Å²) in [6, 6.07) is 14.2. The van der Waals surface area contributed by atoms with E-state index in [-0.39, 0.29) is 11.7 Å². The van der Waals surface area contributed by atoms with Gasteiger partial charge in [-0.3, -0.25) is 4.79 Å². The summed E-state index contributed by atoms with van der Waals surface area (Å²) in [5.74, 6) is 2.03. The van der Waals surface area contributed by atoms with Crippen molar-refractivity contribution in [2.45, 2.75) is 51.9 Å². The van der Waals surface area contributed by atoms with Crippen LogP contribution in [0.2, 0.25) is 0 Å². The molecule has 1 amide bonds. The van der Waals surface area contributed by atoms with E-state index in [4.69, 9.17) is 4.74 Å². The van der Waals surface area contributed by atoms with E-state index in [0.29, 0.717) is 29.4 Å². The van der Waals surface area contributed by atoms with Crippen molar-refractivity contribution in [3.05, 3.63) is 69.3 Å². The molecule has 36 heavy (non-hydrogen) atoms. The second kappa shape index (κ2) is 12.0. The molecule has 2 aromatic carbocycles. The predicted molar refractivity (Wildman–Crippen MR) is 150 cm³/mol. The lowest BCUT2D eigenvalue weighted by molar-refractivity contribution is -0.113. The van der Waals surface area contributed by atoms with Gasteiger partial charge in [0.25, 0.3) is 0 Å². The lowest BCUT2D eigenvalue weighted by Crippen LogP contribution is -2.14. The number of hydrogen-bond donors (Lipinski definition) is 1. The van der Waals surface area contributed by atoms with Gasteiger partial charge in [0, 0.05) is 22.0 Å². The molecule has 7 nitrogen and oxygen atoms in total. The molecule has 0 aliphatic rings. The number of thioether (sulfide) groups is 1. The van der Waals surface area contributed by atoms with Crippen LogP contribution in [-0.4, -0.2) is 31.4 Å². The molecule has 4 rings (SSSR count). The number of carbonyl (C=O) groups excluding carboxylic acids is 1. The Bertz CT molecular complexity index is 1330. The molecular formula is C26H28BrN5O2S2. The lowest BCUT2D eigenvalue weighted by atomic mass is 10.0. The average molecular weight is 587 g/mol. The number of anilines is 1. The van der Waals surface area contributed by atoms with Gasteiger partial charge in [-0.15, -0.1) is 21.5 Å². The summed E-state index contributed by atoms with van der Waals surface area (Å²) >= 11 is 6.19. The van der Waals surface area contributed by atoms with E-state index >= 15 is 0 Å². The topological polar surface area (TPSA) is 81.9 Å². The molecule has 2 heterocycles. The second-order valence-electron chi connectivity index (χ2n) is 8.51. The van der Waals surface area contributed by atoms with E-state index < -0.39 is 0 Å². The fourth-order valence-electron chi connectivity index (χ4n) is 3.61. The number of rotatable bonds is 10. The van der Waals surface area contributed by atoms with Crippen LogP contribution >= 0.6 is 39.0 Å². The third-order valence-electron chi connectivity index (χ3n) is 5.48. The quantitative estimate of drug-likeness (QED) is 0.203. The number of nitrogens with zero attached hydrogens (tertiary/aromatic N) is 4. The Hall–Kier alpha value is -2.69. The highest BCUT2D eigenvalue weighted by Gasteiger charge is 2.16.